The summed E-state index contributed by atoms with van der Waals surface area (Å²) in [5.74, 6) is 0.358. The molecule has 2 rings (SSSR count). The molecule has 1 aliphatic heterocycles. The Balaban J connectivity index is 2.29. The van der Waals surface area contributed by atoms with Gasteiger partial charge < -0.3 is 10.6 Å². The molecule has 1 aromatic rings. The van der Waals surface area contributed by atoms with Crippen LogP contribution in [0.1, 0.15) is 12.0 Å². The lowest BCUT2D eigenvalue weighted by atomic mass is 10.1. The van der Waals surface area contributed by atoms with E-state index in [1.54, 1.807) is 17.0 Å². The van der Waals surface area contributed by atoms with E-state index in [0.29, 0.717) is 25.1 Å². The minimum absolute atomic E-state index is 0.114. The summed E-state index contributed by atoms with van der Waals surface area (Å²) in [6.07, 6.45) is 0.520. The van der Waals surface area contributed by atoms with E-state index in [2.05, 4.69) is 28.7 Å². The fourth-order valence-electron chi connectivity index (χ4n) is 1.97. The van der Waals surface area contributed by atoms with Gasteiger partial charge in [0.2, 0.25) is 5.91 Å². The van der Waals surface area contributed by atoms with Crippen molar-refractivity contribution in [2.75, 3.05) is 18.0 Å². The summed E-state index contributed by atoms with van der Waals surface area (Å²) < 4.78 is 0.924. The van der Waals surface area contributed by atoms with Crippen LogP contribution in [0.4, 0.5) is 5.69 Å². The van der Waals surface area contributed by atoms with Gasteiger partial charge in [0, 0.05) is 16.5 Å². The van der Waals surface area contributed by atoms with Gasteiger partial charge in [-0.25, -0.2) is 0 Å². The van der Waals surface area contributed by atoms with Gasteiger partial charge in [0.1, 0.15) is 0 Å². The molecule has 2 N–H and O–H groups in total. The van der Waals surface area contributed by atoms with Gasteiger partial charge >= 0.3 is 0 Å². The van der Waals surface area contributed by atoms with E-state index < -0.39 is 0 Å². The summed E-state index contributed by atoms with van der Waals surface area (Å²) in [5.41, 5.74) is 7.09. The number of hydrogen-bond acceptors (Lipinski definition) is 3. The molecule has 5 heteroatoms. The van der Waals surface area contributed by atoms with Gasteiger partial charge in [0.25, 0.3) is 0 Å². The van der Waals surface area contributed by atoms with Crippen LogP contribution < -0.4 is 10.6 Å². The van der Waals surface area contributed by atoms with E-state index in [9.17, 15) is 4.79 Å². The van der Waals surface area contributed by atoms with Crippen LogP contribution in [-0.4, -0.2) is 19.0 Å². The fourth-order valence-corrected chi connectivity index (χ4v) is 2.77. The van der Waals surface area contributed by atoms with Gasteiger partial charge in [-0.3, -0.25) is 4.79 Å². The molecule has 1 aromatic carbocycles. The number of halogens is 1. The van der Waals surface area contributed by atoms with Gasteiger partial charge in [0.05, 0.1) is 17.3 Å². The maximum atomic E-state index is 11.9. The lowest BCUT2D eigenvalue weighted by Crippen LogP contribution is -2.26. The molecule has 0 aliphatic carbocycles. The van der Waals surface area contributed by atoms with Gasteiger partial charge in [-0.1, -0.05) is 0 Å². The molecular weight excluding hydrogens is 329 g/mol. The van der Waals surface area contributed by atoms with E-state index in [1.165, 1.54) is 0 Å². The topological polar surface area (TPSA) is 70.1 Å². The Bertz CT molecular complexity index is 495. The Morgan fingerprint density at radius 3 is 2.88 bits per heavy atom. The first kappa shape index (κ1) is 12.3. The average molecular weight is 341 g/mol. The summed E-state index contributed by atoms with van der Waals surface area (Å²) in [4.78, 5) is 13.6. The number of hydrogen-bond donors (Lipinski definition) is 1. The zero-order valence-electron chi connectivity index (χ0n) is 9.19. The van der Waals surface area contributed by atoms with E-state index >= 15 is 0 Å². The quantitative estimate of drug-likeness (QED) is 0.829. The van der Waals surface area contributed by atoms with Gasteiger partial charge in [0.15, 0.2) is 0 Å². The zero-order chi connectivity index (χ0) is 12.4. The molecular formula is C12H12IN3O. The number of rotatable bonds is 2. The summed E-state index contributed by atoms with van der Waals surface area (Å²) >= 11 is 2.15. The highest BCUT2D eigenvalue weighted by atomic mass is 127. The van der Waals surface area contributed by atoms with Crippen molar-refractivity contribution in [1.82, 2.24) is 0 Å². The monoisotopic (exact) mass is 341 g/mol. The molecule has 4 nitrogen and oxygen atoms in total. The average Bonchev–Trinajstić information content (AvgIpc) is 2.70. The largest absolute Gasteiger partial charge is 0.330 e. The predicted molar refractivity (Wildman–Crippen MR) is 73.4 cm³/mol. The Labute approximate surface area is 114 Å². The van der Waals surface area contributed by atoms with Crippen molar-refractivity contribution >= 4 is 34.2 Å². The minimum Gasteiger partial charge on any atom is -0.330 e. The molecule has 1 amide bonds. The highest BCUT2D eigenvalue weighted by Gasteiger charge is 2.30. The molecule has 0 aromatic heterocycles. The number of benzene rings is 1. The first-order valence-corrected chi connectivity index (χ1v) is 6.43. The molecule has 0 spiro atoms. The lowest BCUT2D eigenvalue weighted by Gasteiger charge is -2.18. The second-order valence-corrected chi connectivity index (χ2v) is 5.25. The molecule has 1 aliphatic rings. The Morgan fingerprint density at radius 1 is 1.59 bits per heavy atom. The van der Waals surface area contributed by atoms with E-state index in [4.69, 9.17) is 11.0 Å². The van der Waals surface area contributed by atoms with Crippen molar-refractivity contribution in [3.63, 3.8) is 0 Å². The number of carbonyl (C=O) groups excluding carboxylic acids is 1. The van der Waals surface area contributed by atoms with Gasteiger partial charge in [-0.15, -0.1) is 0 Å². The third kappa shape index (κ3) is 2.42. The van der Waals surface area contributed by atoms with Gasteiger partial charge in [-0.2, -0.15) is 5.26 Å². The van der Waals surface area contributed by atoms with Crippen LogP contribution in [0.25, 0.3) is 0 Å². The third-order valence-corrected chi connectivity index (χ3v) is 3.77. The zero-order valence-corrected chi connectivity index (χ0v) is 11.3. The Hall–Kier alpha value is -1.13. The molecule has 1 atom stereocenters. The maximum absolute atomic E-state index is 11.9. The van der Waals surface area contributed by atoms with Crippen molar-refractivity contribution in [2.24, 2.45) is 11.7 Å². The van der Waals surface area contributed by atoms with Crippen molar-refractivity contribution < 1.29 is 4.79 Å². The third-order valence-electron chi connectivity index (χ3n) is 2.91. The number of nitrogens with two attached hydrogens (primary N) is 1. The van der Waals surface area contributed by atoms with Crippen molar-refractivity contribution in [3.05, 3.63) is 27.3 Å². The van der Waals surface area contributed by atoms with E-state index in [-0.39, 0.29) is 11.8 Å². The molecule has 88 valence electrons. The van der Waals surface area contributed by atoms with Crippen molar-refractivity contribution in [2.45, 2.75) is 6.42 Å². The van der Waals surface area contributed by atoms with Crippen LogP contribution in [0, 0.1) is 20.8 Å². The normalized spacial score (nSPS) is 19.5. The first-order valence-electron chi connectivity index (χ1n) is 5.35. The Kier molecular flexibility index (Phi) is 3.64. The summed E-state index contributed by atoms with van der Waals surface area (Å²) in [6, 6.07) is 7.45. The molecule has 1 fully saturated rings. The maximum Gasteiger partial charge on any atom is 0.227 e. The summed E-state index contributed by atoms with van der Waals surface area (Å²) in [6.45, 7) is 1.21. The number of nitrogens with zero attached hydrogens (tertiary/aromatic N) is 2. The highest BCUT2D eigenvalue weighted by Crippen LogP contribution is 2.29. The highest BCUT2D eigenvalue weighted by molar-refractivity contribution is 14.1. The number of amides is 1. The molecule has 1 heterocycles. The fraction of sp³-hybridized carbons (Fsp3) is 0.333. The molecule has 1 saturated heterocycles. The predicted octanol–water partition coefficient (Wildman–Crippen LogP) is 1.47. The standard InChI is InChI=1S/C12H12IN3O/c13-10-3-8(5-14)1-2-11(10)16-7-9(6-15)4-12(16)17/h1-3,9H,4,6-7,15H2. The van der Waals surface area contributed by atoms with E-state index in [0.717, 1.165) is 9.26 Å². The molecule has 1 unspecified atom stereocenters. The van der Waals surface area contributed by atoms with Crippen LogP contribution in [-0.2, 0) is 4.79 Å². The second kappa shape index (κ2) is 5.02. The van der Waals surface area contributed by atoms with Gasteiger partial charge in [-0.05, 0) is 53.3 Å². The number of nitriles is 1. The van der Waals surface area contributed by atoms with E-state index in [1.807, 2.05) is 6.07 Å². The molecule has 17 heavy (non-hydrogen) atoms. The van der Waals surface area contributed by atoms with Crippen LogP contribution in [0.2, 0.25) is 0 Å². The molecule has 0 radical (unpaired) electrons. The smallest absolute Gasteiger partial charge is 0.227 e. The van der Waals surface area contributed by atoms with Crippen molar-refractivity contribution in [3.8, 4) is 6.07 Å². The minimum atomic E-state index is 0.114. The van der Waals surface area contributed by atoms with Crippen LogP contribution in [0.15, 0.2) is 18.2 Å². The Morgan fingerprint density at radius 2 is 2.35 bits per heavy atom. The molecule has 0 bridgehead atoms. The number of carbonyl (C=O) groups is 1. The van der Waals surface area contributed by atoms with Crippen LogP contribution >= 0.6 is 22.6 Å². The lowest BCUT2D eigenvalue weighted by molar-refractivity contribution is -0.117. The molecule has 0 saturated carbocycles. The van der Waals surface area contributed by atoms with Crippen LogP contribution in [0.5, 0.6) is 0 Å². The second-order valence-electron chi connectivity index (χ2n) is 4.09. The van der Waals surface area contributed by atoms with Crippen molar-refractivity contribution in [1.29, 1.82) is 5.26 Å². The van der Waals surface area contributed by atoms with Crippen LogP contribution in [0.3, 0.4) is 0 Å². The number of anilines is 1. The SMILES string of the molecule is N#Cc1ccc(N2CC(CN)CC2=O)c(I)c1. The summed E-state index contributed by atoms with van der Waals surface area (Å²) in [7, 11) is 0. The first-order chi connectivity index (χ1) is 8.15. The summed E-state index contributed by atoms with van der Waals surface area (Å²) in [5, 5.41) is 8.80.